The molecule has 0 aromatic rings. The highest BCUT2D eigenvalue weighted by Crippen LogP contribution is 2.44. The molecule has 8 nitrogen and oxygen atoms in total. The molecule has 3 aliphatic carbocycles. The molecule has 2 saturated heterocycles. The van der Waals surface area contributed by atoms with Gasteiger partial charge in [-0.3, -0.25) is 0 Å². The van der Waals surface area contributed by atoms with E-state index in [1.807, 2.05) is 0 Å². The predicted octanol–water partition coefficient (Wildman–Crippen LogP) is -0.900. The Labute approximate surface area is 158 Å². The Hall–Kier alpha value is -0.320. The maximum atomic E-state index is 10.7. The number of ether oxygens (including phenoxy) is 4. The van der Waals surface area contributed by atoms with E-state index in [1.165, 1.54) is 0 Å². The summed E-state index contributed by atoms with van der Waals surface area (Å²) in [5, 5.41) is 41.4. The Morgan fingerprint density at radius 2 is 1.07 bits per heavy atom. The van der Waals surface area contributed by atoms with E-state index < -0.39 is 67.1 Å². The molecular weight excluding hydrogens is 356 g/mol. The molecule has 0 aromatic carbocycles. The van der Waals surface area contributed by atoms with Gasteiger partial charge in [-0.05, 0) is 18.8 Å². The molecule has 0 spiro atoms. The normalized spacial score (nSPS) is 60.6. The van der Waals surface area contributed by atoms with Crippen molar-refractivity contribution in [3.8, 4) is 0 Å². The Morgan fingerprint density at radius 1 is 0.519 bits per heavy atom. The lowest BCUT2D eigenvalue weighted by Crippen LogP contribution is -2.71. The van der Waals surface area contributed by atoms with E-state index >= 15 is 0 Å². The summed E-state index contributed by atoms with van der Waals surface area (Å²) in [6.45, 7) is 2.08. The third kappa shape index (κ3) is 3.14. The van der Waals surface area contributed by atoms with Gasteiger partial charge in [-0.2, -0.15) is 0 Å². The first-order chi connectivity index (χ1) is 12.9. The lowest BCUT2D eigenvalue weighted by atomic mass is 9.79. The van der Waals surface area contributed by atoms with Crippen LogP contribution in [0.3, 0.4) is 0 Å². The summed E-state index contributed by atoms with van der Waals surface area (Å²) in [5.74, 6) is 0.343. The second-order valence-electron chi connectivity index (χ2n) is 9.12. The molecule has 0 amide bonds. The van der Waals surface area contributed by atoms with Crippen LogP contribution in [0.25, 0.3) is 0 Å². The summed E-state index contributed by atoms with van der Waals surface area (Å²) >= 11 is 0. The largest absolute Gasteiger partial charge is 0.393 e. The highest BCUT2D eigenvalue weighted by atomic mass is 16.7. The number of fused-ring (bicyclic) bond motifs is 5. The predicted molar refractivity (Wildman–Crippen MR) is 90.9 cm³/mol. The first kappa shape index (κ1) is 18.7. The average Bonchev–Trinajstić information content (AvgIpc) is 2.60. The van der Waals surface area contributed by atoms with Crippen LogP contribution < -0.4 is 0 Å². The molecule has 27 heavy (non-hydrogen) atoms. The molecule has 5 rings (SSSR count). The average molecular weight is 386 g/mol. The topological polar surface area (TPSA) is 118 Å². The van der Waals surface area contributed by atoms with Crippen molar-refractivity contribution >= 4 is 0 Å². The summed E-state index contributed by atoms with van der Waals surface area (Å²) in [7, 11) is 0. The molecule has 154 valence electrons. The van der Waals surface area contributed by atoms with Crippen LogP contribution in [0.4, 0.5) is 0 Å². The van der Waals surface area contributed by atoms with Gasteiger partial charge < -0.3 is 39.4 Å². The van der Waals surface area contributed by atoms with E-state index in [-0.39, 0.29) is 12.5 Å². The van der Waals surface area contributed by atoms with Crippen molar-refractivity contribution < 1.29 is 39.4 Å². The zero-order valence-corrected chi connectivity index (χ0v) is 15.5. The first-order valence-electron chi connectivity index (χ1n) is 10.2. The van der Waals surface area contributed by atoms with Gasteiger partial charge >= 0.3 is 0 Å². The summed E-state index contributed by atoms with van der Waals surface area (Å²) in [6, 6.07) is 0. The fraction of sp³-hybridized carbons (Fsp3) is 1.00. The molecule has 0 radical (unpaired) electrons. The van der Waals surface area contributed by atoms with Crippen molar-refractivity contribution in [3.05, 3.63) is 0 Å². The van der Waals surface area contributed by atoms with Crippen molar-refractivity contribution in [3.63, 3.8) is 0 Å². The SMILES string of the molecule is CC1CC(O)C2OC3C(OC2C1)C(O)CC1OC2C(O)CC(O)CC2OC13. The Balaban J connectivity index is 1.37. The molecule has 2 heterocycles. The van der Waals surface area contributed by atoms with Gasteiger partial charge in [-0.15, -0.1) is 0 Å². The molecule has 4 N–H and O–H groups in total. The molecule has 0 bridgehead atoms. The third-order valence-electron chi connectivity index (χ3n) is 6.96. The Bertz CT molecular complexity index is 560. The molecule has 13 atom stereocenters. The fourth-order valence-corrected chi connectivity index (χ4v) is 5.73. The highest BCUT2D eigenvalue weighted by molar-refractivity contribution is 5.06. The molecule has 8 heteroatoms. The minimum atomic E-state index is -0.788. The van der Waals surface area contributed by atoms with E-state index in [2.05, 4.69) is 6.92 Å². The lowest BCUT2D eigenvalue weighted by Gasteiger charge is -2.57. The summed E-state index contributed by atoms with van der Waals surface area (Å²) in [5.41, 5.74) is 0. The summed E-state index contributed by atoms with van der Waals surface area (Å²) < 4.78 is 24.8. The smallest absolute Gasteiger partial charge is 0.115 e. The van der Waals surface area contributed by atoms with Crippen LogP contribution in [0.1, 0.15) is 39.0 Å². The van der Waals surface area contributed by atoms with E-state index in [0.717, 1.165) is 6.42 Å². The van der Waals surface area contributed by atoms with Gasteiger partial charge in [0.25, 0.3) is 0 Å². The van der Waals surface area contributed by atoms with Crippen LogP contribution in [0, 0.1) is 5.92 Å². The van der Waals surface area contributed by atoms with Gasteiger partial charge in [0, 0.05) is 19.3 Å². The second kappa shape index (κ2) is 6.88. The van der Waals surface area contributed by atoms with E-state index in [1.54, 1.807) is 0 Å². The van der Waals surface area contributed by atoms with Crippen LogP contribution >= 0.6 is 0 Å². The molecule has 13 unspecified atom stereocenters. The molecule has 2 aliphatic heterocycles. The lowest BCUT2D eigenvalue weighted by molar-refractivity contribution is -0.357. The zero-order valence-electron chi connectivity index (χ0n) is 15.5. The van der Waals surface area contributed by atoms with Crippen LogP contribution in [0.15, 0.2) is 0 Å². The van der Waals surface area contributed by atoms with Gasteiger partial charge in [-0.25, -0.2) is 0 Å². The van der Waals surface area contributed by atoms with Crippen molar-refractivity contribution in [2.45, 2.75) is 112 Å². The van der Waals surface area contributed by atoms with Crippen molar-refractivity contribution in [2.75, 3.05) is 0 Å². The van der Waals surface area contributed by atoms with Gasteiger partial charge in [0.15, 0.2) is 0 Å². The van der Waals surface area contributed by atoms with Gasteiger partial charge in [0.05, 0.1) is 42.7 Å². The highest BCUT2D eigenvalue weighted by Gasteiger charge is 2.58. The van der Waals surface area contributed by atoms with Gasteiger partial charge in [0.2, 0.25) is 0 Å². The third-order valence-corrected chi connectivity index (χ3v) is 6.96. The second-order valence-corrected chi connectivity index (χ2v) is 9.12. The fourth-order valence-electron chi connectivity index (χ4n) is 5.73. The monoisotopic (exact) mass is 386 g/mol. The zero-order chi connectivity index (χ0) is 18.9. The maximum Gasteiger partial charge on any atom is 0.115 e. The maximum absolute atomic E-state index is 10.7. The molecular formula is C19H30O8. The Morgan fingerprint density at radius 3 is 1.89 bits per heavy atom. The molecule has 0 aromatic heterocycles. The first-order valence-corrected chi connectivity index (χ1v) is 10.2. The minimum absolute atomic E-state index is 0.230. The van der Waals surface area contributed by atoms with Crippen LogP contribution in [0.5, 0.6) is 0 Å². The Kier molecular flexibility index (Phi) is 4.76. The van der Waals surface area contributed by atoms with Crippen molar-refractivity contribution in [1.82, 2.24) is 0 Å². The van der Waals surface area contributed by atoms with E-state index in [4.69, 9.17) is 18.9 Å². The number of rotatable bonds is 0. The van der Waals surface area contributed by atoms with E-state index in [9.17, 15) is 20.4 Å². The number of aliphatic hydroxyl groups is 4. The molecule has 5 fully saturated rings. The number of hydrogen-bond donors (Lipinski definition) is 4. The summed E-state index contributed by atoms with van der Waals surface area (Å²) in [4.78, 5) is 0. The summed E-state index contributed by atoms with van der Waals surface area (Å²) in [6.07, 6.45) is -3.80. The van der Waals surface area contributed by atoms with Gasteiger partial charge in [0.1, 0.15) is 30.5 Å². The quantitative estimate of drug-likeness (QED) is 0.423. The molecule has 3 saturated carbocycles. The van der Waals surface area contributed by atoms with E-state index in [0.29, 0.717) is 25.2 Å². The van der Waals surface area contributed by atoms with Crippen molar-refractivity contribution in [1.29, 1.82) is 0 Å². The van der Waals surface area contributed by atoms with Crippen LogP contribution in [-0.2, 0) is 18.9 Å². The minimum Gasteiger partial charge on any atom is -0.393 e. The number of hydrogen-bond acceptors (Lipinski definition) is 8. The van der Waals surface area contributed by atoms with Crippen LogP contribution in [0.2, 0.25) is 0 Å². The number of aliphatic hydroxyl groups excluding tert-OH is 4. The van der Waals surface area contributed by atoms with Crippen molar-refractivity contribution in [2.24, 2.45) is 5.92 Å². The molecule has 5 aliphatic rings. The van der Waals surface area contributed by atoms with Crippen LogP contribution in [-0.4, -0.2) is 93.7 Å². The van der Waals surface area contributed by atoms with Gasteiger partial charge in [-0.1, -0.05) is 6.92 Å². The standard InChI is InChI=1S/C19H30O8/c1-7-2-9(21)16-12(3-7)25-17-11(23)6-14-18(19(17)27-16)26-13-5-8(20)4-10(22)15(13)24-14/h7-23H,2-6H2,1H3.